The van der Waals surface area contributed by atoms with Crippen LogP contribution in [0.2, 0.25) is 0 Å². The van der Waals surface area contributed by atoms with Gasteiger partial charge in [-0.1, -0.05) is 19.8 Å². The molecule has 2 rings (SSSR count). The van der Waals surface area contributed by atoms with E-state index in [4.69, 9.17) is 10.5 Å². The number of aromatic nitrogens is 1. The largest absolute Gasteiger partial charge is 0.492 e. The van der Waals surface area contributed by atoms with Gasteiger partial charge in [0.25, 0.3) is 0 Å². The highest BCUT2D eigenvalue weighted by molar-refractivity contribution is 5.21. The summed E-state index contributed by atoms with van der Waals surface area (Å²) in [7, 11) is 0. The van der Waals surface area contributed by atoms with Gasteiger partial charge in [-0.3, -0.25) is 4.98 Å². The van der Waals surface area contributed by atoms with Gasteiger partial charge in [0.05, 0.1) is 18.5 Å². The van der Waals surface area contributed by atoms with Crippen LogP contribution in [0.4, 0.5) is 0 Å². The third-order valence-electron chi connectivity index (χ3n) is 3.54. The second-order valence-corrected chi connectivity index (χ2v) is 4.89. The molecule has 0 aromatic carbocycles. The van der Waals surface area contributed by atoms with Gasteiger partial charge in [-0.05, 0) is 37.3 Å². The molecule has 1 heterocycles. The fourth-order valence-electron chi connectivity index (χ4n) is 2.30. The predicted octanol–water partition coefficient (Wildman–Crippen LogP) is 3.06. The van der Waals surface area contributed by atoms with Gasteiger partial charge in [0.15, 0.2) is 0 Å². The van der Waals surface area contributed by atoms with Crippen molar-refractivity contribution in [3.05, 3.63) is 24.0 Å². The SMILES string of the molecule is CC[C@@H](N)c1ccc(OCC2CCCC2)cn1. The first-order valence-corrected chi connectivity index (χ1v) is 6.64. The van der Waals surface area contributed by atoms with E-state index in [2.05, 4.69) is 11.9 Å². The van der Waals surface area contributed by atoms with Crippen LogP contribution in [0.15, 0.2) is 18.3 Å². The molecule has 0 aliphatic heterocycles. The molecule has 1 aliphatic carbocycles. The standard InChI is InChI=1S/C14H22N2O/c1-2-13(15)14-8-7-12(9-16-14)17-10-11-5-3-4-6-11/h7-9,11,13H,2-6,10,15H2,1H3/t13-/m1/s1. The summed E-state index contributed by atoms with van der Waals surface area (Å²) in [5.41, 5.74) is 6.86. The van der Waals surface area contributed by atoms with E-state index in [1.807, 2.05) is 12.1 Å². The summed E-state index contributed by atoms with van der Waals surface area (Å²) in [6.07, 6.45) is 8.04. The van der Waals surface area contributed by atoms with Crippen LogP contribution in [0.1, 0.15) is 50.8 Å². The topological polar surface area (TPSA) is 48.1 Å². The summed E-state index contributed by atoms with van der Waals surface area (Å²) in [4.78, 5) is 4.34. The molecular formula is C14H22N2O. The van der Waals surface area contributed by atoms with Gasteiger partial charge in [-0.2, -0.15) is 0 Å². The van der Waals surface area contributed by atoms with Gasteiger partial charge < -0.3 is 10.5 Å². The number of hydrogen-bond donors (Lipinski definition) is 1. The highest BCUT2D eigenvalue weighted by atomic mass is 16.5. The van der Waals surface area contributed by atoms with E-state index in [-0.39, 0.29) is 6.04 Å². The van der Waals surface area contributed by atoms with Gasteiger partial charge in [0.2, 0.25) is 0 Å². The fourth-order valence-corrected chi connectivity index (χ4v) is 2.30. The Labute approximate surface area is 103 Å². The summed E-state index contributed by atoms with van der Waals surface area (Å²) in [6, 6.07) is 3.99. The lowest BCUT2D eigenvalue weighted by molar-refractivity contribution is 0.251. The molecule has 3 nitrogen and oxygen atoms in total. The van der Waals surface area contributed by atoms with Crippen molar-refractivity contribution in [2.24, 2.45) is 11.7 Å². The number of pyridine rings is 1. The van der Waals surface area contributed by atoms with Gasteiger partial charge in [-0.25, -0.2) is 0 Å². The number of hydrogen-bond acceptors (Lipinski definition) is 3. The van der Waals surface area contributed by atoms with Crippen molar-refractivity contribution < 1.29 is 4.74 Å². The van der Waals surface area contributed by atoms with Crippen molar-refractivity contribution in [1.82, 2.24) is 4.98 Å². The molecule has 2 N–H and O–H groups in total. The van der Waals surface area contributed by atoms with Crippen LogP contribution in [0.25, 0.3) is 0 Å². The Morgan fingerprint density at radius 2 is 2.18 bits per heavy atom. The molecule has 3 heteroatoms. The summed E-state index contributed by atoms with van der Waals surface area (Å²) < 4.78 is 5.75. The molecule has 1 aliphatic rings. The van der Waals surface area contributed by atoms with Crippen LogP contribution in [0.5, 0.6) is 5.75 Å². The minimum atomic E-state index is 0.0406. The first-order chi connectivity index (χ1) is 8.29. The Kier molecular flexibility index (Phi) is 4.37. The average molecular weight is 234 g/mol. The molecule has 0 amide bonds. The summed E-state index contributed by atoms with van der Waals surface area (Å²) in [5.74, 6) is 1.61. The van der Waals surface area contributed by atoms with Crippen molar-refractivity contribution in [2.75, 3.05) is 6.61 Å². The maximum absolute atomic E-state index is 5.91. The highest BCUT2D eigenvalue weighted by Gasteiger charge is 2.15. The lowest BCUT2D eigenvalue weighted by atomic mass is 10.1. The molecule has 0 spiro atoms. The molecule has 17 heavy (non-hydrogen) atoms. The molecule has 0 bridgehead atoms. The van der Waals surface area contributed by atoms with Crippen LogP contribution in [-0.4, -0.2) is 11.6 Å². The van der Waals surface area contributed by atoms with Gasteiger partial charge in [0, 0.05) is 6.04 Å². The normalized spacial score (nSPS) is 18.2. The first kappa shape index (κ1) is 12.4. The molecule has 1 atom stereocenters. The molecule has 94 valence electrons. The molecule has 0 unspecified atom stereocenters. The number of nitrogens with zero attached hydrogens (tertiary/aromatic N) is 1. The lowest BCUT2D eigenvalue weighted by Crippen LogP contribution is -2.11. The van der Waals surface area contributed by atoms with E-state index in [0.717, 1.165) is 30.4 Å². The van der Waals surface area contributed by atoms with Gasteiger partial charge >= 0.3 is 0 Å². The fraction of sp³-hybridized carbons (Fsp3) is 0.643. The van der Waals surface area contributed by atoms with E-state index < -0.39 is 0 Å². The van der Waals surface area contributed by atoms with Crippen molar-refractivity contribution in [3.8, 4) is 5.75 Å². The van der Waals surface area contributed by atoms with Crippen molar-refractivity contribution in [2.45, 2.75) is 45.1 Å². The monoisotopic (exact) mass is 234 g/mol. The van der Waals surface area contributed by atoms with E-state index in [9.17, 15) is 0 Å². The molecule has 0 radical (unpaired) electrons. The Balaban J connectivity index is 1.84. The molecule has 1 saturated carbocycles. The quantitative estimate of drug-likeness (QED) is 0.851. The van der Waals surface area contributed by atoms with Crippen molar-refractivity contribution >= 4 is 0 Å². The molecule has 1 aromatic heterocycles. The summed E-state index contributed by atoms with van der Waals surface area (Å²) in [6.45, 7) is 2.90. The third kappa shape index (κ3) is 3.43. The van der Waals surface area contributed by atoms with Crippen LogP contribution < -0.4 is 10.5 Å². The Bertz CT molecular complexity index is 331. The van der Waals surface area contributed by atoms with Crippen LogP contribution in [0, 0.1) is 5.92 Å². The predicted molar refractivity (Wildman–Crippen MR) is 68.9 cm³/mol. The molecule has 1 fully saturated rings. The highest BCUT2D eigenvalue weighted by Crippen LogP contribution is 2.25. The number of rotatable bonds is 5. The zero-order chi connectivity index (χ0) is 12.1. The zero-order valence-corrected chi connectivity index (χ0v) is 10.6. The van der Waals surface area contributed by atoms with Crippen molar-refractivity contribution in [1.29, 1.82) is 0 Å². The smallest absolute Gasteiger partial charge is 0.137 e. The Morgan fingerprint density at radius 3 is 2.76 bits per heavy atom. The molecular weight excluding hydrogens is 212 g/mol. The Morgan fingerprint density at radius 1 is 1.41 bits per heavy atom. The summed E-state index contributed by atoms with van der Waals surface area (Å²) >= 11 is 0. The van der Waals surface area contributed by atoms with E-state index in [1.165, 1.54) is 25.7 Å². The van der Waals surface area contributed by atoms with Crippen LogP contribution in [0.3, 0.4) is 0 Å². The zero-order valence-electron chi connectivity index (χ0n) is 10.6. The van der Waals surface area contributed by atoms with Gasteiger partial charge in [0.1, 0.15) is 5.75 Å². The lowest BCUT2D eigenvalue weighted by Gasteiger charge is -2.12. The average Bonchev–Trinajstić information content (AvgIpc) is 2.89. The van der Waals surface area contributed by atoms with Crippen LogP contribution >= 0.6 is 0 Å². The molecule has 1 aromatic rings. The van der Waals surface area contributed by atoms with E-state index in [1.54, 1.807) is 6.20 Å². The minimum absolute atomic E-state index is 0.0406. The second kappa shape index (κ2) is 6.01. The third-order valence-corrected chi connectivity index (χ3v) is 3.54. The first-order valence-electron chi connectivity index (χ1n) is 6.64. The maximum atomic E-state index is 5.91. The summed E-state index contributed by atoms with van der Waals surface area (Å²) in [5, 5.41) is 0. The maximum Gasteiger partial charge on any atom is 0.137 e. The minimum Gasteiger partial charge on any atom is -0.492 e. The number of nitrogens with two attached hydrogens (primary N) is 1. The van der Waals surface area contributed by atoms with Gasteiger partial charge in [-0.15, -0.1) is 0 Å². The Hall–Kier alpha value is -1.09. The van der Waals surface area contributed by atoms with Crippen LogP contribution in [-0.2, 0) is 0 Å². The molecule has 0 saturated heterocycles. The number of ether oxygens (including phenoxy) is 1. The van der Waals surface area contributed by atoms with E-state index in [0.29, 0.717) is 0 Å². The van der Waals surface area contributed by atoms with E-state index >= 15 is 0 Å². The second-order valence-electron chi connectivity index (χ2n) is 4.89. The van der Waals surface area contributed by atoms with Crippen molar-refractivity contribution in [3.63, 3.8) is 0 Å².